The second-order valence-electron chi connectivity index (χ2n) is 5.27. The van der Waals surface area contributed by atoms with Gasteiger partial charge in [0.05, 0.1) is 0 Å². The Hall–Kier alpha value is -1.76. The molecule has 0 saturated heterocycles. The predicted molar refractivity (Wildman–Crippen MR) is 88.3 cm³/mol. The lowest BCUT2D eigenvalue weighted by atomic mass is 10.1. The molecule has 0 bridgehead atoms. The summed E-state index contributed by atoms with van der Waals surface area (Å²) < 4.78 is 0. The van der Waals surface area contributed by atoms with Crippen LogP contribution in [-0.4, -0.2) is 13.1 Å². The summed E-state index contributed by atoms with van der Waals surface area (Å²) in [7, 11) is 0. The van der Waals surface area contributed by atoms with Gasteiger partial charge in [-0.3, -0.25) is 0 Å². The molecule has 0 saturated carbocycles. The third-order valence-corrected chi connectivity index (χ3v) is 3.64. The topological polar surface area (TPSA) is 3.24 Å². The Kier molecular flexibility index (Phi) is 6.16. The minimum atomic E-state index is 1.14. The van der Waals surface area contributed by atoms with E-state index in [4.69, 9.17) is 0 Å². The molecule has 0 aliphatic carbocycles. The summed E-state index contributed by atoms with van der Waals surface area (Å²) in [6.45, 7) is 4.56. The van der Waals surface area contributed by atoms with Crippen LogP contribution >= 0.6 is 0 Å². The van der Waals surface area contributed by atoms with Gasteiger partial charge in [-0.1, -0.05) is 61.9 Å². The fraction of sp³-hybridized carbons (Fsp3) is 0.368. The van der Waals surface area contributed by atoms with Gasteiger partial charge < -0.3 is 4.90 Å². The molecule has 2 aromatic carbocycles. The van der Waals surface area contributed by atoms with Crippen molar-refractivity contribution in [3.05, 3.63) is 66.2 Å². The van der Waals surface area contributed by atoms with Crippen LogP contribution in [0.4, 0.5) is 5.69 Å². The smallest absolute Gasteiger partial charge is 0.0366 e. The Morgan fingerprint density at radius 1 is 0.750 bits per heavy atom. The molecule has 2 rings (SSSR count). The molecule has 0 unspecified atom stereocenters. The van der Waals surface area contributed by atoms with E-state index in [0.29, 0.717) is 0 Å². The molecule has 0 fully saturated rings. The van der Waals surface area contributed by atoms with Crippen LogP contribution in [0.5, 0.6) is 0 Å². The molecule has 1 heteroatoms. The summed E-state index contributed by atoms with van der Waals surface area (Å²) in [5.41, 5.74) is 2.80. The fourth-order valence-electron chi connectivity index (χ4n) is 2.48. The van der Waals surface area contributed by atoms with E-state index in [-0.39, 0.29) is 0 Å². The van der Waals surface area contributed by atoms with E-state index in [9.17, 15) is 0 Å². The van der Waals surface area contributed by atoms with Crippen molar-refractivity contribution in [2.24, 2.45) is 0 Å². The quantitative estimate of drug-likeness (QED) is 0.655. The fourth-order valence-corrected chi connectivity index (χ4v) is 2.48. The second-order valence-corrected chi connectivity index (χ2v) is 5.27. The second kappa shape index (κ2) is 8.42. The number of benzene rings is 2. The molecule has 0 aromatic heterocycles. The van der Waals surface area contributed by atoms with Crippen LogP contribution in [-0.2, 0) is 6.42 Å². The molecule has 1 nitrogen and oxygen atoms in total. The van der Waals surface area contributed by atoms with Gasteiger partial charge in [0, 0.05) is 18.8 Å². The van der Waals surface area contributed by atoms with Crippen molar-refractivity contribution in [1.82, 2.24) is 0 Å². The predicted octanol–water partition coefficient (Wildman–Crippen LogP) is 4.93. The summed E-state index contributed by atoms with van der Waals surface area (Å²) in [4.78, 5) is 2.52. The van der Waals surface area contributed by atoms with E-state index in [2.05, 4.69) is 72.5 Å². The largest absolute Gasteiger partial charge is 0.372 e. The average Bonchev–Trinajstić information content (AvgIpc) is 2.52. The Bertz CT molecular complexity index is 464. The monoisotopic (exact) mass is 267 g/mol. The molecule has 0 N–H and O–H groups in total. The third-order valence-electron chi connectivity index (χ3n) is 3.64. The van der Waals surface area contributed by atoms with Crippen LogP contribution in [0.15, 0.2) is 60.7 Å². The normalized spacial score (nSPS) is 10.4. The maximum absolute atomic E-state index is 2.52. The Morgan fingerprint density at radius 3 is 2.00 bits per heavy atom. The summed E-state index contributed by atoms with van der Waals surface area (Å²) in [5, 5.41) is 0. The van der Waals surface area contributed by atoms with Crippen molar-refractivity contribution >= 4 is 5.69 Å². The number of hydrogen-bond acceptors (Lipinski definition) is 1. The Labute approximate surface area is 123 Å². The van der Waals surface area contributed by atoms with E-state index in [1.807, 2.05) is 0 Å². The first kappa shape index (κ1) is 14.6. The molecular formula is C19H25N. The molecule has 0 atom stereocenters. The van der Waals surface area contributed by atoms with Crippen molar-refractivity contribution in [2.75, 3.05) is 18.0 Å². The lowest BCUT2D eigenvalue weighted by Gasteiger charge is -2.24. The van der Waals surface area contributed by atoms with E-state index in [1.165, 1.54) is 30.5 Å². The molecule has 0 heterocycles. The number of nitrogens with zero attached hydrogens (tertiary/aromatic N) is 1. The van der Waals surface area contributed by atoms with Crippen LogP contribution in [0, 0.1) is 0 Å². The first-order valence-electron chi connectivity index (χ1n) is 7.74. The van der Waals surface area contributed by atoms with Crippen LogP contribution in [0.1, 0.15) is 31.7 Å². The van der Waals surface area contributed by atoms with Crippen LogP contribution in [0.2, 0.25) is 0 Å². The standard InChI is InChI=1S/C19H25N/c1-2-3-16-20(19-14-8-5-9-15-19)17-10-13-18-11-6-4-7-12-18/h4-9,11-12,14-15H,2-3,10,13,16-17H2,1H3. The zero-order chi connectivity index (χ0) is 14.0. The van der Waals surface area contributed by atoms with E-state index in [1.54, 1.807) is 0 Å². The van der Waals surface area contributed by atoms with Crippen molar-refractivity contribution in [1.29, 1.82) is 0 Å². The molecular weight excluding hydrogens is 242 g/mol. The van der Waals surface area contributed by atoms with Crippen LogP contribution in [0.3, 0.4) is 0 Å². The van der Waals surface area contributed by atoms with Gasteiger partial charge in [-0.25, -0.2) is 0 Å². The SMILES string of the molecule is CCCCN(CCCc1ccccc1)c1ccccc1. The van der Waals surface area contributed by atoms with Gasteiger partial charge in [0.2, 0.25) is 0 Å². The minimum Gasteiger partial charge on any atom is -0.372 e. The zero-order valence-electron chi connectivity index (χ0n) is 12.5. The van der Waals surface area contributed by atoms with Gasteiger partial charge in [-0.2, -0.15) is 0 Å². The highest BCUT2D eigenvalue weighted by Crippen LogP contribution is 2.15. The van der Waals surface area contributed by atoms with Crippen molar-refractivity contribution in [3.63, 3.8) is 0 Å². The first-order chi connectivity index (χ1) is 9.90. The Morgan fingerprint density at radius 2 is 1.35 bits per heavy atom. The van der Waals surface area contributed by atoms with Gasteiger partial charge in [0.15, 0.2) is 0 Å². The Balaban J connectivity index is 1.88. The minimum absolute atomic E-state index is 1.14. The van der Waals surface area contributed by atoms with E-state index < -0.39 is 0 Å². The number of aryl methyl sites for hydroxylation is 1. The lowest BCUT2D eigenvalue weighted by Crippen LogP contribution is -2.25. The maximum atomic E-state index is 2.52. The third kappa shape index (κ3) is 4.73. The average molecular weight is 267 g/mol. The highest BCUT2D eigenvalue weighted by molar-refractivity contribution is 5.45. The summed E-state index contributed by atoms with van der Waals surface area (Å²) in [6.07, 6.45) is 4.89. The highest BCUT2D eigenvalue weighted by atomic mass is 15.1. The molecule has 106 valence electrons. The summed E-state index contributed by atoms with van der Waals surface area (Å²) in [5.74, 6) is 0. The number of anilines is 1. The number of hydrogen-bond donors (Lipinski definition) is 0. The van der Waals surface area contributed by atoms with Crippen molar-refractivity contribution < 1.29 is 0 Å². The highest BCUT2D eigenvalue weighted by Gasteiger charge is 2.05. The van der Waals surface area contributed by atoms with Gasteiger partial charge in [0.1, 0.15) is 0 Å². The zero-order valence-corrected chi connectivity index (χ0v) is 12.5. The van der Waals surface area contributed by atoms with E-state index in [0.717, 1.165) is 19.5 Å². The van der Waals surface area contributed by atoms with Crippen LogP contribution in [0.25, 0.3) is 0 Å². The van der Waals surface area contributed by atoms with Crippen LogP contribution < -0.4 is 4.90 Å². The van der Waals surface area contributed by atoms with Crippen molar-refractivity contribution in [3.8, 4) is 0 Å². The van der Waals surface area contributed by atoms with Gasteiger partial charge in [-0.05, 0) is 37.0 Å². The molecule has 2 aromatic rings. The van der Waals surface area contributed by atoms with Gasteiger partial charge in [0.25, 0.3) is 0 Å². The molecule has 0 spiro atoms. The number of para-hydroxylation sites is 1. The summed E-state index contributed by atoms with van der Waals surface area (Å²) in [6, 6.07) is 21.6. The molecule has 20 heavy (non-hydrogen) atoms. The number of unbranched alkanes of at least 4 members (excludes halogenated alkanes) is 1. The maximum Gasteiger partial charge on any atom is 0.0366 e. The molecule has 0 aliphatic heterocycles. The molecule has 0 radical (unpaired) electrons. The van der Waals surface area contributed by atoms with Gasteiger partial charge >= 0.3 is 0 Å². The van der Waals surface area contributed by atoms with E-state index >= 15 is 0 Å². The van der Waals surface area contributed by atoms with Gasteiger partial charge in [-0.15, -0.1) is 0 Å². The molecule has 0 amide bonds. The summed E-state index contributed by atoms with van der Waals surface area (Å²) >= 11 is 0. The lowest BCUT2D eigenvalue weighted by molar-refractivity contribution is 0.685. The number of rotatable bonds is 8. The van der Waals surface area contributed by atoms with Crippen molar-refractivity contribution in [2.45, 2.75) is 32.6 Å². The first-order valence-corrected chi connectivity index (χ1v) is 7.74. The molecule has 0 aliphatic rings.